The fraction of sp³-hybridized carbons (Fsp3) is 0.182. The van der Waals surface area contributed by atoms with Gasteiger partial charge in [0.25, 0.3) is 0 Å². The second-order valence-electron chi connectivity index (χ2n) is 3.55. The monoisotopic (exact) mass is 251 g/mol. The van der Waals surface area contributed by atoms with E-state index in [0.29, 0.717) is 11.3 Å². The fourth-order valence-corrected chi connectivity index (χ4v) is 1.20. The van der Waals surface area contributed by atoms with Crippen LogP contribution in [0.25, 0.3) is 0 Å². The summed E-state index contributed by atoms with van der Waals surface area (Å²) >= 11 is 4.72. The van der Waals surface area contributed by atoms with Crippen molar-refractivity contribution in [1.29, 1.82) is 0 Å². The Hall–Kier alpha value is -1.95. The Labute approximate surface area is 104 Å². The average Bonchev–Trinajstić information content (AvgIpc) is 2.28. The zero-order valence-corrected chi connectivity index (χ0v) is 10.1. The minimum Gasteiger partial charge on any atom is -0.393 e. The predicted octanol–water partition coefficient (Wildman–Crippen LogP) is 0.646. The van der Waals surface area contributed by atoms with Gasteiger partial charge in [-0.05, 0) is 31.2 Å². The Bertz CT molecular complexity index is 456. The van der Waals surface area contributed by atoms with E-state index in [9.17, 15) is 9.59 Å². The van der Waals surface area contributed by atoms with Crippen molar-refractivity contribution < 1.29 is 9.59 Å². The summed E-state index contributed by atoms with van der Waals surface area (Å²) in [7, 11) is 0. The minimum absolute atomic E-state index is 0.135. The van der Waals surface area contributed by atoms with Crippen molar-refractivity contribution >= 4 is 34.7 Å². The van der Waals surface area contributed by atoms with Crippen LogP contribution in [-0.4, -0.2) is 16.8 Å². The topological polar surface area (TPSA) is 98.2 Å². The highest BCUT2D eigenvalue weighted by molar-refractivity contribution is 7.80. The number of carbonyl (C=O) groups excluding carboxylic acids is 2. The summed E-state index contributed by atoms with van der Waals surface area (Å²) in [6, 6.07) is 6.24. The summed E-state index contributed by atoms with van der Waals surface area (Å²) in [5, 5.41) is 2.63. The molecule has 0 aromatic heterocycles. The quantitative estimate of drug-likeness (QED) is 0.684. The number of anilines is 1. The maximum absolute atomic E-state index is 11.6. The summed E-state index contributed by atoms with van der Waals surface area (Å²) in [5.74, 6) is -1.34. The van der Waals surface area contributed by atoms with Crippen molar-refractivity contribution in [3.63, 3.8) is 0 Å². The van der Waals surface area contributed by atoms with Crippen LogP contribution in [0.1, 0.15) is 17.3 Å². The Balaban J connectivity index is 2.73. The molecule has 90 valence electrons. The van der Waals surface area contributed by atoms with Crippen molar-refractivity contribution in [3.05, 3.63) is 29.8 Å². The number of nitrogens with one attached hydrogen (secondary N) is 1. The molecule has 0 heterocycles. The Morgan fingerprint density at radius 3 is 2.18 bits per heavy atom. The van der Waals surface area contributed by atoms with Gasteiger partial charge in [-0.25, -0.2) is 0 Å². The van der Waals surface area contributed by atoms with E-state index in [1.54, 1.807) is 19.1 Å². The number of thiocarbonyl (C=S) groups is 1. The van der Waals surface area contributed by atoms with Gasteiger partial charge in [0.05, 0.1) is 10.9 Å². The summed E-state index contributed by atoms with van der Waals surface area (Å²) < 4.78 is 0. The molecule has 0 aliphatic carbocycles. The highest BCUT2D eigenvalue weighted by Crippen LogP contribution is 2.10. The van der Waals surface area contributed by atoms with E-state index in [-0.39, 0.29) is 10.9 Å². The van der Waals surface area contributed by atoms with Crippen molar-refractivity contribution in [2.45, 2.75) is 6.92 Å². The largest absolute Gasteiger partial charge is 0.393 e. The van der Waals surface area contributed by atoms with Crippen molar-refractivity contribution in [2.75, 3.05) is 5.32 Å². The number of carbonyl (C=O) groups is 2. The summed E-state index contributed by atoms with van der Waals surface area (Å²) in [5.41, 5.74) is 11.4. The molecule has 0 spiro atoms. The maximum atomic E-state index is 11.6. The Morgan fingerprint density at radius 1 is 1.24 bits per heavy atom. The summed E-state index contributed by atoms with van der Waals surface area (Å²) in [6.07, 6.45) is 0. The van der Waals surface area contributed by atoms with E-state index in [1.165, 1.54) is 12.1 Å². The van der Waals surface area contributed by atoms with Gasteiger partial charge in [-0.15, -0.1) is 0 Å². The van der Waals surface area contributed by atoms with Gasteiger partial charge >= 0.3 is 0 Å². The van der Waals surface area contributed by atoms with Crippen LogP contribution in [0.15, 0.2) is 24.3 Å². The zero-order chi connectivity index (χ0) is 13.0. The third-order valence-corrected chi connectivity index (χ3v) is 2.61. The third kappa shape index (κ3) is 3.53. The first-order valence-electron chi connectivity index (χ1n) is 4.92. The fourth-order valence-electron chi connectivity index (χ4n) is 1.10. The molecule has 6 heteroatoms. The maximum Gasteiger partial charge on any atom is 0.248 e. The lowest BCUT2D eigenvalue weighted by atomic mass is 10.1. The van der Waals surface area contributed by atoms with E-state index in [1.807, 2.05) is 0 Å². The lowest BCUT2D eigenvalue weighted by Crippen LogP contribution is -2.30. The SMILES string of the molecule is CC(C(=O)Nc1ccc(C(N)=O)cc1)C(N)=S. The van der Waals surface area contributed by atoms with Crippen LogP contribution >= 0.6 is 12.2 Å². The molecule has 5 N–H and O–H groups in total. The molecule has 0 bridgehead atoms. The highest BCUT2D eigenvalue weighted by Gasteiger charge is 2.15. The molecule has 0 radical (unpaired) electrons. The molecule has 2 amide bonds. The van der Waals surface area contributed by atoms with E-state index in [0.717, 1.165) is 0 Å². The number of primary amides is 1. The Kier molecular flexibility index (Phi) is 4.17. The first-order valence-corrected chi connectivity index (χ1v) is 5.32. The van der Waals surface area contributed by atoms with Crippen LogP contribution in [-0.2, 0) is 4.79 Å². The molecule has 0 saturated heterocycles. The lowest BCUT2D eigenvalue weighted by molar-refractivity contribution is -0.117. The Morgan fingerprint density at radius 2 is 1.76 bits per heavy atom. The number of nitrogens with two attached hydrogens (primary N) is 2. The van der Waals surface area contributed by atoms with Gasteiger partial charge in [-0.3, -0.25) is 9.59 Å². The van der Waals surface area contributed by atoms with E-state index in [4.69, 9.17) is 23.7 Å². The number of rotatable bonds is 4. The molecule has 1 aromatic carbocycles. The van der Waals surface area contributed by atoms with Gasteiger partial charge in [0, 0.05) is 11.3 Å². The molecule has 0 saturated carbocycles. The van der Waals surface area contributed by atoms with Crippen molar-refractivity contribution in [3.8, 4) is 0 Å². The van der Waals surface area contributed by atoms with E-state index < -0.39 is 11.8 Å². The standard InChI is InChI=1S/C11H13N3O2S/c1-6(10(13)17)11(16)14-8-4-2-7(3-5-8)9(12)15/h2-6H,1H3,(H2,12,15)(H2,13,17)(H,14,16). The van der Waals surface area contributed by atoms with Crippen LogP contribution < -0.4 is 16.8 Å². The molecule has 0 fully saturated rings. The number of hydrogen-bond acceptors (Lipinski definition) is 3. The van der Waals surface area contributed by atoms with Gasteiger partial charge in [-0.1, -0.05) is 12.2 Å². The van der Waals surface area contributed by atoms with Crippen LogP contribution in [0.5, 0.6) is 0 Å². The number of hydrogen-bond donors (Lipinski definition) is 3. The third-order valence-electron chi connectivity index (χ3n) is 2.26. The van der Waals surface area contributed by atoms with Crippen molar-refractivity contribution in [2.24, 2.45) is 17.4 Å². The molecule has 5 nitrogen and oxygen atoms in total. The molecule has 1 aromatic rings. The van der Waals surface area contributed by atoms with Gasteiger partial charge in [0.2, 0.25) is 11.8 Å². The molecule has 0 aliphatic rings. The van der Waals surface area contributed by atoms with Crippen LogP contribution in [0.2, 0.25) is 0 Å². The van der Waals surface area contributed by atoms with Gasteiger partial charge in [0.15, 0.2) is 0 Å². The van der Waals surface area contributed by atoms with Crippen LogP contribution in [0.3, 0.4) is 0 Å². The van der Waals surface area contributed by atoms with Gasteiger partial charge in [0.1, 0.15) is 0 Å². The molecule has 1 atom stereocenters. The van der Waals surface area contributed by atoms with Gasteiger partial charge in [-0.2, -0.15) is 0 Å². The second kappa shape index (κ2) is 5.40. The molecule has 1 unspecified atom stereocenters. The van der Waals surface area contributed by atoms with E-state index in [2.05, 4.69) is 5.32 Å². The average molecular weight is 251 g/mol. The number of benzene rings is 1. The first-order chi connectivity index (χ1) is 7.91. The smallest absolute Gasteiger partial charge is 0.248 e. The number of amides is 2. The molecular formula is C11H13N3O2S. The van der Waals surface area contributed by atoms with Crippen LogP contribution in [0, 0.1) is 5.92 Å². The van der Waals surface area contributed by atoms with E-state index >= 15 is 0 Å². The summed E-state index contributed by atoms with van der Waals surface area (Å²) in [6.45, 7) is 1.62. The molecule has 1 rings (SSSR count). The molecule has 0 aliphatic heterocycles. The molecular weight excluding hydrogens is 238 g/mol. The van der Waals surface area contributed by atoms with Crippen molar-refractivity contribution in [1.82, 2.24) is 0 Å². The highest BCUT2D eigenvalue weighted by atomic mass is 32.1. The van der Waals surface area contributed by atoms with Crippen LogP contribution in [0.4, 0.5) is 5.69 Å². The molecule has 17 heavy (non-hydrogen) atoms. The lowest BCUT2D eigenvalue weighted by Gasteiger charge is -2.10. The second-order valence-corrected chi connectivity index (χ2v) is 4.03. The predicted molar refractivity (Wildman–Crippen MR) is 69.5 cm³/mol. The van der Waals surface area contributed by atoms with Gasteiger partial charge < -0.3 is 16.8 Å². The normalized spacial score (nSPS) is 11.6. The zero-order valence-electron chi connectivity index (χ0n) is 9.27. The minimum atomic E-state index is -0.541. The first kappa shape index (κ1) is 13.1. The summed E-state index contributed by atoms with van der Waals surface area (Å²) in [4.78, 5) is 22.6.